The number of sulfonamides is 1. The van der Waals surface area contributed by atoms with Gasteiger partial charge in [-0.1, -0.05) is 0 Å². The Morgan fingerprint density at radius 2 is 1.89 bits per heavy atom. The molecule has 146 valence electrons. The van der Waals surface area contributed by atoms with Crippen molar-refractivity contribution in [3.63, 3.8) is 0 Å². The first-order valence-electron chi connectivity index (χ1n) is 8.21. The molecule has 1 amide bonds. The third-order valence-electron chi connectivity index (χ3n) is 3.77. The van der Waals surface area contributed by atoms with E-state index in [-0.39, 0.29) is 6.54 Å². The summed E-state index contributed by atoms with van der Waals surface area (Å²) in [4.78, 5) is 20.3. The number of hydrogen-bond acceptors (Lipinski definition) is 7. The Morgan fingerprint density at radius 1 is 1.18 bits per heavy atom. The molecule has 0 aliphatic carbocycles. The summed E-state index contributed by atoms with van der Waals surface area (Å²) in [6.45, 7) is -0.254. The number of benzene rings is 1. The molecule has 0 fully saturated rings. The molecule has 10 nitrogen and oxygen atoms in total. The Morgan fingerprint density at radius 3 is 2.54 bits per heavy atom. The van der Waals surface area contributed by atoms with Crippen molar-refractivity contribution in [3.8, 4) is 5.82 Å². The van der Waals surface area contributed by atoms with E-state index in [9.17, 15) is 13.2 Å². The zero-order valence-corrected chi connectivity index (χ0v) is 16.1. The van der Waals surface area contributed by atoms with Gasteiger partial charge in [-0.15, -0.1) is 0 Å². The van der Waals surface area contributed by atoms with Crippen molar-refractivity contribution >= 4 is 33.1 Å². The number of rotatable bonds is 7. The van der Waals surface area contributed by atoms with Gasteiger partial charge in [0.25, 0.3) is 0 Å². The van der Waals surface area contributed by atoms with Gasteiger partial charge in [-0.25, -0.2) is 23.1 Å². The van der Waals surface area contributed by atoms with Gasteiger partial charge < -0.3 is 10.6 Å². The summed E-state index contributed by atoms with van der Waals surface area (Å²) in [5.41, 5.74) is 1.31. The highest BCUT2D eigenvalue weighted by Gasteiger charge is 2.15. The fourth-order valence-electron chi connectivity index (χ4n) is 2.25. The first kappa shape index (κ1) is 19.5. The largest absolute Gasteiger partial charge is 0.340 e. The number of hydrogen-bond donors (Lipinski definition) is 2. The third kappa shape index (κ3) is 5.11. The molecule has 3 aromatic rings. The van der Waals surface area contributed by atoms with Crippen molar-refractivity contribution in [2.45, 2.75) is 0 Å². The molecule has 0 saturated carbocycles. The van der Waals surface area contributed by atoms with Crippen LogP contribution in [0.4, 0.5) is 17.2 Å². The highest BCUT2D eigenvalue weighted by molar-refractivity contribution is 7.88. The van der Waals surface area contributed by atoms with Gasteiger partial charge in [-0.05, 0) is 30.3 Å². The van der Waals surface area contributed by atoms with Crippen molar-refractivity contribution in [2.24, 2.45) is 0 Å². The number of anilines is 3. The molecule has 28 heavy (non-hydrogen) atoms. The minimum absolute atomic E-state index is 0.254. The predicted octanol–water partition coefficient (Wildman–Crippen LogP) is 1.24. The second kappa shape index (κ2) is 8.15. The van der Waals surface area contributed by atoms with Crippen LogP contribution < -0.4 is 10.6 Å². The molecule has 2 heterocycles. The van der Waals surface area contributed by atoms with Crippen LogP contribution in [0.2, 0.25) is 0 Å². The molecule has 0 bridgehead atoms. The predicted molar refractivity (Wildman–Crippen MR) is 105 cm³/mol. The quantitative estimate of drug-likeness (QED) is 0.611. The average Bonchev–Trinajstić information content (AvgIpc) is 3.17. The lowest BCUT2D eigenvalue weighted by Crippen LogP contribution is -2.34. The molecule has 0 unspecified atom stereocenters. The summed E-state index contributed by atoms with van der Waals surface area (Å²) >= 11 is 0. The molecule has 0 radical (unpaired) electrons. The maximum atomic E-state index is 11.9. The summed E-state index contributed by atoms with van der Waals surface area (Å²) in [7, 11) is -2.06. The molecule has 1 aromatic carbocycles. The van der Waals surface area contributed by atoms with E-state index in [1.807, 2.05) is 0 Å². The Bertz CT molecular complexity index is 1050. The minimum Gasteiger partial charge on any atom is -0.340 e. The Kier molecular flexibility index (Phi) is 5.66. The standard InChI is InChI=1S/C17H19N7O3S/c1-23(28(2,26)27)11-17(25)22-14-6-4-13(5-7-14)21-15-10-16(19-12-18-15)24-9-3-8-20-24/h3-10,12H,11H2,1-2H3,(H,22,25)(H,18,19,21). The van der Waals surface area contributed by atoms with Crippen molar-refractivity contribution in [3.05, 3.63) is 55.1 Å². The summed E-state index contributed by atoms with van der Waals surface area (Å²) in [6.07, 6.45) is 5.93. The smallest absolute Gasteiger partial charge is 0.239 e. The maximum absolute atomic E-state index is 11.9. The fraction of sp³-hybridized carbons (Fsp3) is 0.176. The molecule has 0 aliphatic heterocycles. The second-order valence-corrected chi connectivity index (χ2v) is 8.07. The number of likely N-dealkylation sites (N-methyl/N-ethyl adjacent to an activating group) is 1. The minimum atomic E-state index is -3.41. The van der Waals surface area contributed by atoms with Gasteiger partial charge in [-0.3, -0.25) is 4.79 Å². The van der Waals surface area contributed by atoms with Crippen LogP contribution >= 0.6 is 0 Å². The fourth-order valence-corrected chi connectivity index (χ4v) is 2.60. The van der Waals surface area contributed by atoms with Crippen LogP contribution in [0.15, 0.2) is 55.1 Å². The highest BCUT2D eigenvalue weighted by Crippen LogP contribution is 2.18. The highest BCUT2D eigenvalue weighted by atomic mass is 32.2. The van der Waals surface area contributed by atoms with E-state index in [2.05, 4.69) is 25.7 Å². The van der Waals surface area contributed by atoms with Crippen LogP contribution in [-0.4, -0.2) is 58.2 Å². The zero-order chi connectivity index (χ0) is 20.1. The summed E-state index contributed by atoms with van der Waals surface area (Å²) < 4.78 is 25.3. The molecule has 11 heteroatoms. The van der Waals surface area contributed by atoms with Gasteiger partial charge in [0.2, 0.25) is 15.9 Å². The van der Waals surface area contributed by atoms with Gasteiger partial charge in [0.05, 0.1) is 12.8 Å². The van der Waals surface area contributed by atoms with Crippen LogP contribution in [0.1, 0.15) is 0 Å². The van der Waals surface area contributed by atoms with E-state index in [0.29, 0.717) is 17.3 Å². The lowest BCUT2D eigenvalue weighted by Gasteiger charge is -2.14. The molecule has 0 saturated heterocycles. The molecular weight excluding hydrogens is 382 g/mol. The van der Waals surface area contributed by atoms with Crippen molar-refractivity contribution in [1.82, 2.24) is 24.1 Å². The van der Waals surface area contributed by atoms with Crippen LogP contribution in [0, 0.1) is 0 Å². The van der Waals surface area contributed by atoms with Crippen molar-refractivity contribution < 1.29 is 13.2 Å². The van der Waals surface area contributed by atoms with E-state index in [4.69, 9.17) is 0 Å². The van der Waals surface area contributed by atoms with E-state index in [0.717, 1.165) is 16.2 Å². The first-order chi connectivity index (χ1) is 13.3. The van der Waals surface area contributed by atoms with E-state index >= 15 is 0 Å². The molecule has 2 N–H and O–H groups in total. The molecular formula is C17H19N7O3S. The lowest BCUT2D eigenvalue weighted by atomic mass is 10.2. The number of nitrogens with zero attached hydrogens (tertiary/aromatic N) is 5. The number of carbonyl (C=O) groups excluding carboxylic acids is 1. The SMILES string of the molecule is CN(CC(=O)Nc1ccc(Nc2cc(-n3cccn3)ncn2)cc1)S(C)(=O)=O. The van der Waals surface area contributed by atoms with Crippen LogP contribution in [0.5, 0.6) is 0 Å². The number of carbonyl (C=O) groups is 1. The lowest BCUT2D eigenvalue weighted by molar-refractivity contribution is -0.116. The number of nitrogens with one attached hydrogen (secondary N) is 2. The monoisotopic (exact) mass is 401 g/mol. The van der Waals surface area contributed by atoms with E-state index < -0.39 is 15.9 Å². The van der Waals surface area contributed by atoms with E-state index in [1.54, 1.807) is 53.5 Å². The normalized spacial score (nSPS) is 11.4. The second-order valence-electron chi connectivity index (χ2n) is 5.98. The van der Waals surface area contributed by atoms with E-state index in [1.165, 1.54) is 13.4 Å². The Balaban J connectivity index is 1.62. The zero-order valence-electron chi connectivity index (χ0n) is 15.3. The van der Waals surface area contributed by atoms with Crippen molar-refractivity contribution in [2.75, 3.05) is 30.5 Å². The van der Waals surface area contributed by atoms with Crippen LogP contribution in [0.25, 0.3) is 5.82 Å². The third-order valence-corrected chi connectivity index (χ3v) is 5.03. The maximum Gasteiger partial charge on any atom is 0.239 e. The average molecular weight is 401 g/mol. The number of aromatic nitrogens is 4. The van der Waals surface area contributed by atoms with Gasteiger partial charge >= 0.3 is 0 Å². The molecule has 3 rings (SSSR count). The summed E-state index contributed by atoms with van der Waals surface area (Å²) in [5, 5.41) is 9.93. The first-order valence-corrected chi connectivity index (χ1v) is 10.1. The Labute approximate surface area is 162 Å². The molecule has 0 atom stereocenters. The Hall–Kier alpha value is -3.31. The van der Waals surface area contributed by atoms with Gasteiger partial charge in [0.1, 0.15) is 12.1 Å². The van der Waals surface area contributed by atoms with Crippen LogP contribution in [0.3, 0.4) is 0 Å². The van der Waals surface area contributed by atoms with Gasteiger partial charge in [0, 0.05) is 36.9 Å². The summed E-state index contributed by atoms with van der Waals surface area (Å²) in [6, 6.07) is 10.5. The topological polar surface area (TPSA) is 122 Å². The van der Waals surface area contributed by atoms with Gasteiger partial charge in [-0.2, -0.15) is 9.40 Å². The van der Waals surface area contributed by atoms with Gasteiger partial charge in [0.15, 0.2) is 5.82 Å². The van der Waals surface area contributed by atoms with Crippen LogP contribution in [-0.2, 0) is 14.8 Å². The molecule has 0 spiro atoms. The summed E-state index contributed by atoms with van der Waals surface area (Å²) in [5.74, 6) is 0.793. The molecule has 2 aromatic heterocycles. The number of amides is 1. The molecule has 0 aliphatic rings. The van der Waals surface area contributed by atoms with Crippen molar-refractivity contribution in [1.29, 1.82) is 0 Å².